The van der Waals surface area contributed by atoms with Crippen LogP contribution in [0.3, 0.4) is 0 Å². The highest BCUT2D eigenvalue weighted by Gasteiger charge is 2.26. The summed E-state index contributed by atoms with van der Waals surface area (Å²) in [6, 6.07) is 0. The van der Waals surface area contributed by atoms with Gasteiger partial charge in [-0.15, -0.1) is 6.58 Å². The molecule has 2 rings (SSSR count). The molecule has 0 bridgehead atoms. The van der Waals surface area contributed by atoms with Gasteiger partial charge in [0.15, 0.2) is 6.29 Å². The van der Waals surface area contributed by atoms with Crippen LogP contribution in [0.5, 0.6) is 0 Å². The van der Waals surface area contributed by atoms with Gasteiger partial charge in [0.05, 0.1) is 31.1 Å². The Bertz CT molecular complexity index is 380. The van der Waals surface area contributed by atoms with Gasteiger partial charge in [0, 0.05) is 13.7 Å². The lowest BCUT2D eigenvalue weighted by Crippen LogP contribution is -2.34. The lowest BCUT2D eigenvalue weighted by molar-refractivity contribution is -0.200. The van der Waals surface area contributed by atoms with E-state index in [0.29, 0.717) is 13.2 Å². The van der Waals surface area contributed by atoms with Gasteiger partial charge in [0.1, 0.15) is 6.26 Å². The molecule has 0 aromatic rings. The number of hydrogen-bond acceptors (Lipinski definition) is 5. The van der Waals surface area contributed by atoms with Gasteiger partial charge in [-0.2, -0.15) is 0 Å². The minimum absolute atomic E-state index is 0.00599. The maximum atomic E-state index is 6.12. The van der Waals surface area contributed by atoms with Crippen molar-refractivity contribution in [1.82, 2.24) is 5.32 Å². The second-order valence-electron chi connectivity index (χ2n) is 6.50. The molecule has 0 amide bonds. The molecule has 5 heteroatoms. The van der Waals surface area contributed by atoms with E-state index < -0.39 is 0 Å². The van der Waals surface area contributed by atoms with Crippen LogP contribution in [0.25, 0.3) is 0 Å². The van der Waals surface area contributed by atoms with E-state index >= 15 is 0 Å². The topological polar surface area (TPSA) is 49.0 Å². The van der Waals surface area contributed by atoms with Gasteiger partial charge in [0.2, 0.25) is 0 Å². The Labute approximate surface area is 146 Å². The molecule has 1 heterocycles. The Kier molecular flexibility index (Phi) is 9.24. The quantitative estimate of drug-likeness (QED) is 0.375. The van der Waals surface area contributed by atoms with Crippen LogP contribution in [0.4, 0.5) is 0 Å². The van der Waals surface area contributed by atoms with Crippen molar-refractivity contribution in [2.75, 3.05) is 26.9 Å². The third-order valence-electron chi connectivity index (χ3n) is 4.52. The predicted octanol–water partition coefficient (Wildman–Crippen LogP) is 3.51. The fourth-order valence-corrected chi connectivity index (χ4v) is 3.09. The van der Waals surface area contributed by atoms with E-state index in [1.54, 1.807) is 6.26 Å². The second-order valence-corrected chi connectivity index (χ2v) is 6.50. The van der Waals surface area contributed by atoms with E-state index in [1.165, 1.54) is 6.42 Å². The molecular formula is C19H33NO4. The summed E-state index contributed by atoms with van der Waals surface area (Å²) in [6.45, 7) is 5.71. The van der Waals surface area contributed by atoms with Gasteiger partial charge < -0.3 is 24.3 Å². The maximum absolute atomic E-state index is 6.12. The molecule has 0 aromatic heterocycles. The highest BCUT2D eigenvalue weighted by atomic mass is 16.7. The normalized spacial score (nSPS) is 28.4. The summed E-state index contributed by atoms with van der Waals surface area (Å²) in [5, 5.41) is 3.13. The van der Waals surface area contributed by atoms with E-state index in [9.17, 15) is 0 Å². The Hall–Kier alpha value is -1.04. The summed E-state index contributed by atoms with van der Waals surface area (Å²) >= 11 is 0. The third kappa shape index (κ3) is 7.24. The molecule has 0 radical (unpaired) electrons. The smallest absolute Gasteiger partial charge is 0.157 e. The highest BCUT2D eigenvalue weighted by Crippen LogP contribution is 2.27. The average molecular weight is 339 g/mol. The number of rotatable bonds is 10. The molecule has 138 valence electrons. The van der Waals surface area contributed by atoms with Crippen LogP contribution in [0.2, 0.25) is 0 Å². The molecule has 1 aliphatic heterocycles. The molecule has 3 atom stereocenters. The van der Waals surface area contributed by atoms with Crippen molar-refractivity contribution in [2.45, 2.75) is 69.9 Å². The van der Waals surface area contributed by atoms with Crippen LogP contribution >= 0.6 is 0 Å². The first-order valence-electron chi connectivity index (χ1n) is 9.29. The number of ether oxygens (including phenoxy) is 4. The lowest BCUT2D eigenvalue weighted by atomic mass is 9.94. The first-order valence-corrected chi connectivity index (χ1v) is 9.29. The zero-order chi connectivity index (χ0) is 17.0. The molecular weight excluding hydrogens is 306 g/mol. The van der Waals surface area contributed by atoms with Gasteiger partial charge in [-0.05, 0) is 51.4 Å². The summed E-state index contributed by atoms with van der Waals surface area (Å²) in [6.07, 6.45) is 12.6. The van der Waals surface area contributed by atoms with Gasteiger partial charge >= 0.3 is 0 Å². The first-order chi connectivity index (χ1) is 11.8. The second kappa shape index (κ2) is 11.5. The van der Waals surface area contributed by atoms with Crippen molar-refractivity contribution in [3.63, 3.8) is 0 Å². The first kappa shape index (κ1) is 19.3. The predicted molar refractivity (Wildman–Crippen MR) is 94.6 cm³/mol. The Morgan fingerprint density at radius 1 is 1.21 bits per heavy atom. The van der Waals surface area contributed by atoms with Crippen molar-refractivity contribution in [3.8, 4) is 0 Å². The number of nitrogens with one attached hydrogen (secondary N) is 1. The molecule has 0 aromatic carbocycles. The Morgan fingerprint density at radius 2 is 2.08 bits per heavy atom. The van der Waals surface area contributed by atoms with Crippen LogP contribution in [0.1, 0.15) is 51.4 Å². The van der Waals surface area contributed by atoms with E-state index in [4.69, 9.17) is 18.9 Å². The van der Waals surface area contributed by atoms with Gasteiger partial charge in [0.25, 0.3) is 0 Å². The van der Waals surface area contributed by atoms with Crippen LogP contribution in [0.15, 0.2) is 24.6 Å². The zero-order valence-electron chi connectivity index (χ0n) is 15.0. The van der Waals surface area contributed by atoms with Crippen LogP contribution in [0, 0.1) is 0 Å². The van der Waals surface area contributed by atoms with Crippen molar-refractivity contribution in [1.29, 1.82) is 0 Å². The van der Waals surface area contributed by atoms with Crippen LogP contribution in [-0.4, -0.2) is 45.4 Å². The molecule has 5 nitrogen and oxygen atoms in total. The van der Waals surface area contributed by atoms with Crippen molar-refractivity contribution >= 4 is 0 Å². The molecule has 0 spiro atoms. The summed E-state index contributed by atoms with van der Waals surface area (Å²) in [5.74, 6) is 0. The minimum atomic E-state index is -0.00599. The Balaban J connectivity index is 1.68. The standard InChI is InChI=1S/C19H33NO4/c1-3-4-11-21-14-16(20-2)15-23-17-8-7-9-18(13-17)24-19-10-5-6-12-22-19/h3,14,17-20H,1,4-13,15H2,2H3/b16-14-/t17-,18+,19?/m0/s1. The van der Waals surface area contributed by atoms with Crippen LogP contribution in [-0.2, 0) is 18.9 Å². The molecule has 1 aliphatic carbocycles. The van der Waals surface area contributed by atoms with Gasteiger partial charge in [-0.1, -0.05) is 6.08 Å². The van der Waals surface area contributed by atoms with Gasteiger partial charge in [-0.3, -0.25) is 0 Å². The fourth-order valence-electron chi connectivity index (χ4n) is 3.09. The molecule has 1 saturated carbocycles. The molecule has 1 saturated heterocycles. The number of hydrogen-bond donors (Lipinski definition) is 1. The third-order valence-corrected chi connectivity index (χ3v) is 4.52. The SMILES string of the molecule is C=CCCO/C=C(/CO[C@H]1CCC[C@@H](OC2CCCCO2)C1)NC. The number of likely N-dealkylation sites (N-methyl/N-ethyl adjacent to an activating group) is 1. The molecule has 2 aliphatic rings. The van der Waals surface area contributed by atoms with E-state index in [1.807, 2.05) is 13.1 Å². The largest absolute Gasteiger partial charge is 0.499 e. The average Bonchev–Trinajstić information content (AvgIpc) is 2.62. The molecule has 1 unspecified atom stereocenters. The van der Waals surface area contributed by atoms with E-state index in [2.05, 4.69) is 11.9 Å². The lowest BCUT2D eigenvalue weighted by Gasteiger charge is -2.33. The molecule has 1 N–H and O–H groups in total. The molecule has 24 heavy (non-hydrogen) atoms. The summed E-state index contributed by atoms with van der Waals surface area (Å²) in [5.41, 5.74) is 0.956. The van der Waals surface area contributed by atoms with E-state index in [-0.39, 0.29) is 18.5 Å². The molecule has 2 fully saturated rings. The minimum Gasteiger partial charge on any atom is -0.499 e. The van der Waals surface area contributed by atoms with Crippen LogP contribution < -0.4 is 5.32 Å². The fraction of sp³-hybridized carbons (Fsp3) is 0.789. The summed E-state index contributed by atoms with van der Waals surface area (Å²) in [4.78, 5) is 0. The van der Waals surface area contributed by atoms with E-state index in [0.717, 1.165) is 57.2 Å². The van der Waals surface area contributed by atoms with Crippen molar-refractivity contribution in [3.05, 3.63) is 24.6 Å². The highest BCUT2D eigenvalue weighted by molar-refractivity contribution is 4.95. The van der Waals surface area contributed by atoms with Crippen molar-refractivity contribution in [2.24, 2.45) is 0 Å². The monoisotopic (exact) mass is 339 g/mol. The summed E-state index contributed by atoms with van der Waals surface area (Å²) in [7, 11) is 1.89. The Morgan fingerprint density at radius 3 is 2.83 bits per heavy atom. The summed E-state index contributed by atoms with van der Waals surface area (Å²) < 4.78 is 23.3. The van der Waals surface area contributed by atoms with Gasteiger partial charge in [-0.25, -0.2) is 0 Å². The van der Waals surface area contributed by atoms with Crippen molar-refractivity contribution < 1.29 is 18.9 Å². The zero-order valence-corrected chi connectivity index (χ0v) is 15.0. The maximum Gasteiger partial charge on any atom is 0.157 e.